The molecule has 1 aliphatic rings. The van der Waals surface area contributed by atoms with Crippen LogP contribution in [0, 0.1) is 0 Å². The van der Waals surface area contributed by atoms with E-state index in [9.17, 15) is 19.5 Å². The van der Waals surface area contributed by atoms with Gasteiger partial charge in [0.15, 0.2) is 5.76 Å². The summed E-state index contributed by atoms with van der Waals surface area (Å²) in [6.45, 7) is 3.34. The number of ether oxygens (including phenoxy) is 1. The van der Waals surface area contributed by atoms with E-state index in [1.54, 1.807) is 0 Å². The Morgan fingerprint density at radius 3 is 2.55 bits per heavy atom. The number of H-pyrrole nitrogens is 1. The molecule has 8 nitrogen and oxygen atoms in total. The summed E-state index contributed by atoms with van der Waals surface area (Å²) < 4.78 is 5.68. The van der Waals surface area contributed by atoms with Crippen molar-refractivity contribution in [3.8, 4) is 0 Å². The summed E-state index contributed by atoms with van der Waals surface area (Å²) in [6, 6.07) is 0. The third kappa shape index (κ3) is 2.26. The van der Waals surface area contributed by atoms with E-state index in [4.69, 9.17) is 5.11 Å². The van der Waals surface area contributed by atoms with Crippen LogP contribution in [-0.2, 0) is 16.1 Å². The zero-order valence-corrected chi connectivity index (χ0v) is 10.1. The van der Waals surface area contributed by atoms with Crippen molar-refractivity contribution < 1.29 is 19.7 Å². The van der Waals surface area contributed by atoms with Crippen molar-refractivity contribution in [2.24, 2.45) is 0 Å². The average molecular weight is 278 g/mol. The maximum Gasteiger partial charge on any atom is 0.383 e. The van der Waals surface area contributed by atoms with Gasteiger partial charge in [-0.05, 0) is 6.08 Å². The van der Waals surface area contributed by atoms with Gasteiger partial charge in [0.05, 0.1) is 5.56 Å². The van der Waals surface area contributed by atoms with Crippen molar-refractivity contribution in [1.82, 2.24) is 9.55 Å². The monoisotopic (exact) mass is 278 g/mol. The number of aromatic amines is 1. The number of carbonyl (C=O) groups excluding carboxylic acids is 1. The van der Waals surface area contributed by atoms with Crippen LogP contribution in [0.25, 0.3) is 6.08 Å². The van der Waals surface area contributed by atoms with Crippen molar-refractivity contribution in [3.63, 3.8) is 0 Å². The average Bonchev–Trinajstić information content (AvgIpc) is 2.65. The van der Waals surface area contributed by atoms with Crippen LogP contribution in [0.4, 0.5) is 0 Å². The van der Waals surface area contributed by atoms with E-state index in [1.807, 2.05) is 0 Å². The molecule has 0 aromatic carbocycles. The van der Waals surface area contributed by atoms with Gasteiger partial charge < -0.3 is 14.9 Å². The topological polar surface area (TPSA) is 122 Å². The standard InChI is InChI=1S/C12H10N2O6/c1-2-6-5-14(12(19)13-10(6)17)4-3-7-8(15)9(16)11(18)20-7/h2-3,5,15-16H,1,4H2,(H,13,17,19)/b7-3-. The Morgan fingerprint density at radius 1 is 1.30 bits per heavy atom. The van der Waals surface area contributed by atoms with Crippen LogP contribution in [0.2, 0.25) is 0 Å². The SMILES string of the molecule is C=Cc1cn(C/C=C2\OC(=O)C(O)=C2O)c(=O)[nH]c1=O. The molecule has 0 radical (unpaired) electrons. The molecular formula is C12H10N2O6. The fraction of sp³-hybridized carbons (Fsp3) is 0.0833. The number of carbonyl (C=O) groups is 1. The van der Waals surface area contributed by atoms with Gasteiger partial charge in [-0.25, -0.2) is 9.59 Å². The zero-order valence-electron chi connectivity index (χ0n) is 10.1. The van der Waals surface area contributed by atoms with E-state index in [2.05, 4.69) is 16.3 Å². The molecule has 1 aromatic heterocycles. The first-order valence-corrected chi connectivity index (χ1v) is 5.45. The van der Waals surface area contributed by atoms with Crippen LogP contribution in [0.1, 0.15) is 5.56 Å². The Balaban J connectivity index is 2.33. The van der Waals surface area contributed by atoms with Crippen LogP contribution in [0.3, 0.4) is 0 Å². The number of aliphatic hydroxyl groups is 2. The van der Waals surface area contributed by atoms with Crippen LogP contribution in [0.15, 0.2) is 45.7 Å². The molecular weight excluding hydrogens is 268 g/mol. The lowest BCUT2D eigenvalue weighted by molar-refractivity contribution is -0.135. The smallest absolute Gasteiger partial charge is 0.383 e. The van der Waals surface area contributed by atoms with Crippen molar-refractivity contribution in [2.75, 3.05) is 0 Å². The quantitative estimate of drug-likeness (QED) is 0.666. The fourth-order valence-corrected chi connectivity index (χ4v) is 1.54. The lowest BCUT2D eigenvalue weighted by Gasteiger charge is -2.03. The number of allylic oxidation sites excluding steroid dienone is 1. The van der Waals surface area contributed by atoms with Gasteiger partial charge in [0.1, 0.15) is 0 Å². The maximum atomic E-state index is 11.5. The molecule has 2 heterocycles. The van der Waals surface area contributed by atoms with E-state index in [-0.39, 0.29) is 17.9 Å². The summed E-state index contributed by atoms with van der Waals surface area (Å²) in [5, 5.41) is 18.5. The van der Waals surface area contributed by atoms with Crippen LogP contribution >= 0.6 is 0 Å². The van der Waals surface area contributed by atoms with Crippen LogP contribution < -0.4 is 11.2 Å². The Bertz CT molecular complexity index is 765. The van der Waals surface area contributed by atoms with E-state index >= 15 is 0 Å². The minimum Gasteiger partial charge on any atom is -0.502 e. The minimum absolute atomic E-state index is 0.0869. The highest BCUT2D eigenvalue weighted by molar-refractivity contribution is 5.91. The van der Waals surface area contributed by atoms with Gasteiger partial charge in [0.25, 0.3) is 5.56 Å². The minimum atomic E-state index is -1.07. The molecule has 1 aromatic rings. The second kappa shape index (κ2) is 4.92. The van der Waals surface area contributed by atoms with Gasteiger partial charge in [-0.3, -0.25) is 14.3 Å². The highest BCUT2D eigenvalue weighted by Crippen LogP contribution is 2.21. The molecule has 0 amide bonds. The number of cyclic esters (lactones) is 1. The van der Waals surface area contributed by atoms with Gasteiger partial charge in [0, 0.05) is 12.7 Å². The van der Waals surface area contributed by atoms with Crippen molar-refractivity contribution in [2.45, 2.75) is 6.54 Å². The van der Waals surface area contributed by atoms with E-state index in [0.717, 1.165) is 4.57 Å². The lowest BCUT2D eigenvalue weighted by Crippen LogP contribution is -2.30. The summed E-state index contributed by atoms with van der Waals surface area (Å²) in [5.41, 5.74) is -1.05. The third-order valence-corrected chi connectivity index (χ3v) is 2.59. The van der Waals surface area contributed by atoms with E-state index in [1.165, 1.54) is 18.3 Å². The molecule has 0 bridgehead atoms. The molecule has 2 rings (SSSR count). The Labute approximate surface area is 111 Å². The maximum absolute atomic E-state index is 11.5. The summed E-state index contributed by atoms with van der Waals surface area (Å²) in [6.07, 6.45) is 3.76. The molecule has 0 saturated heterocycles. The number of aromatic nitrogens is 2. The Morgan fingerprint density at radius 2 is 2.00 bits per heavy atom. The number of aliphatic hydroxyl groups excluding tert-OH is 2. The molecule has 20 heavy (non-hydrogen) atoms. The summed E-state index contributed by atoms with van der Waals surface area (Å²) >= 11 is 0. The van der Waals surface area contributed by atoms with Gasteiger partial charge in [-0.1, -0.05) is 12.7 Å². The fourth-order valence-electron chi connectivity index (χ4n) is 1.54. The number of nitrogens with one attached hydrogen (secondary N) is 1. The van der Waals surface area contributed by atoms with Crippen LogP contribution in [0.5, 0.6) is 0 Å². The molecule has 0 aliphatic carbocycles. The number of hydrogen-bond acceptors (Lipinski definition) is 6. The Kier molecular flexibility index (Phi) is 3.30. The summed E-state index contributed by atoms with van der Waals surface area (Å²) in [7, 11) is 0. The summed E-state index contributed by atoms with van der Waals surface area (Å²) in [5.74, 6) is -2.92. The first-order valence-electron chi connectivity index (χ1n) is 5.45. The van der Waals surface area contributed by atoms with E-state index < -0.39 is 28.7 Å². The highest BCUT2D eigenvalue weighted by atomic mass is 16.6. The first kappa shape index (κ1) is 13.4. The van der Waals surface area contributed by atoms with Gasteiger partial charge in [-0.15, -0.1) is 0 Å². The largest absolute Gasteiger partial charge is 0.502 e. The molecule has 0 spiro atoms. The Hall–Kier alpha value is -3.03. The highest BCUT2D eigenvalue weighted by Gasteiger charge is 2.29. The van der Waals surface area contributed by atoms with Gasteiger partial charge >= 0.3 is 11.7 Å². The number of nitrogens with zero attached hydrogens (tertiary/aromatic N) is 1. The first-order chi connectivity index (χ1) is 9.43. The lowest BCUT2D eigenvalue weighted by atomic mass is 10.3. The summed E-state index contributed by atoms with van der Waals surface area (Å²) in [4.78, 5) is 35.9. The molecule has 3 N–H and O–H groups in total. The molecule has 0 unspecified atom stereocenters. The second-order valence-corrected chi connectivity index (χ2v) is 3.86. The number of rotatable bonds is 3. The van der Waals surface area contributed by atoms with Crippen molar-refractivity contribution >= 4 is 12.0 Å². The number of hydrogen-bond donors (Lipinski definition) is 3. The molecule has 104 valence electrons. The molecule has 1 aliphatic heterocycles. The third-order valence-electron chi connectivity index (χ3n) is 2.59. The molecule has 0 atom stereocenters. The van der Waals surface area contributed by atoms with Crippen LogP contribution in [-0.4, -0.2) is 25.7 Å². The number of esters is 1. The normalized spacial score (nSPS) is 16.6. The van der Waals surface area contributed by atoms with Gasteiger partial charge in [-0.2, -0.15) is 0 Å². The zero-order chi connectivity index (χ0) is 14.9. The predicted octanol–water partition coefficient (Wildman–Crippen LogP) is -0.0521. The molecule has 8 heteroatoms. The van der Waals surface area contributed by atoms with Crippen molar-refractivity contribution in [1.29, 1.82) is 0 Å². The van der Waals surface area contributed by atoms with Crippen molar-refractivity contribution in [3.05, 3.63) is 62.5 Å². The van der Waals surface area contributed by atoms with E-state index in [0.29, 0.717) is 0 Å². The second-order valence-electron chi connectivity index (χ2n) is 3.86. The molecule has 0 fully saturated rings. The van der Waals surface area contributed by atoms with Gasteiger partial charge in [0.2, 0.25) is 11.5 Å². The molecule has 0 saturated carbocycles. The predicted molar refractivity (Wildman–Crippen MR) is 67.9 cm³/mol.